The van der Waals surface area contributed by atoms with Crippen LogP contribution in [0.3, 0.4) is 0 Å². The molecule has 1 aromatic rings. The minimum absolute atomic E-state index is 0.00808. The summed E-state index contributed by atoms with van der Waals surface area (Å²) in [6.07, 6.45) is 0. The van der Waals surface area contributed by atoms with Crippen LogP contribution in [0.25, 0.3) is 0 Å². The van der Waals surface area contributed by atoms with E-state index in [1.807, 2.05) is 0 Å². The van der Waals surface area contributed by atoms with Gasteiger partial charge in [0.1, 0.15) is 0 Å². The molecule has 13 heavy (non-hydrogen) atoms. The Morgan fingerprint density at radius 2 is 2.08 bits per heavy atom. The fraction of sp³-hybridized carbons (Fsp3) is 0.333. The highest BCUT2D eigenvalue weighted by atomic mass is 32.3. The second-order valence-corrected chi connectivity index (χ2v) is 4.93. The van der Waals surface area contributed by atoms with Crippen molar-refractivity contribution in [1.82, 2.24) is 4.98 Å². The summed E-state index contributed by atoms with van der Waals surface area (Å²) < 4.78 is 33.0. The average Bonchev–Trinajstić information content (AvgIpc) is 2.29. The first kappa shape index (κ1) is 10.3. The Morgan fingerprint density at radius 1 is 1.54 bits per heavy atom. The molecule has 0 saturated heterocycles. The van der Waals surface area contributed by atoms with Crippen LogP contribution >= 0.6 is 11.3 Å². The summed E-state index contributed by atoms with van der Waals surface area (Å²) in [5, 5.41) is 0.00808. The molecule has 0 aliphatic carbocycles. The van der Waals surface area contributed by atoms with Gasteiger partial charge in [0.25, 0.3) is 0 Å². The number of aryl methyl sites for hydroxylation is 1. The van der Waals surface area contributed by atoms with E-state index >= 15 is 0 Å². The van der Waals surface area contributed by atoms with E-state index < -0.39 is 14.4 Å². The molecule has 0 aliphatic rings. The summed E-state index contributed by atoms with van der Waals surface area (Å²) in [6.45, 7) is 2.59. The highest BCUT2D eigenvalue weighted by Crippen LogP contribution is 2.25. The molecular formula is C6H6FNO3S2. The number of ketones is 1. The van der Waals surface area contributed by atoms with Crippen LogP contribution in [-0.4, -0.2) is 19.2 Å². The molecule has 72 valence electrons. The van der Waals surface area contributed by atoms with Gasteiger partial charge in [0.05, 0.1) is 5.69 Å². The maximum absolute atomic E-state index is 12.5. The van der Waals surface area contributed by atoms with Crippen LogP contribution in [0, 0.1) is 6.92 Å². The van der Waals surface area contributed by atoms with Crippen molar-refractivity contribution in [3.63, 3.8) is 0 Å². The van der Waals surface area contributed by atoms with Crippen molar-refractivity contribution >= 4 is 27.3 Å². The van der Waals surface area contributed by atoms with Gasteiger partial charge in [0, 0.05) is 6.92 Å². The van der Waals surface area contributed by atoms with Crippen molar-refractivity contribution in [1.29, 1.82) is 0 Å². The lowest BCUT2D eigenvalue weighted by molar-refractivity contribution is 0.101. The van der Waals surface area contributed by atoms with Crippen molar-refractivity contribution in [3.05, 3.63) is 10.7 Å². The molecule has 1 rings (SSSR count). The molecule has 0 fully saturated rings. The van der Waals surface area contributed by atoms with E-state index in [0.29, 0.717) is 11.3 Å². The molecule has 1 heterocycles. The smallest absolute Gasteiger partial charge is 0.292 e. The Kier molecular flexibility index (Phi) is 2.49. The summed E-state index contributed by atoms with van der Waals surface area (Å²) >= 11 is 0.551. The van der Waals surface area contributed by atoms with E-state index in [1.165, 1.54) is 13.8 Å². The Labute approximate surface area is 78.6 Å². The number of carbonyl (C=O) groups is 1. The highest BCUT2D eigenvalue weighted by Gasteiger charge is 2.21. The maximum Gasteiger partial charge on any atom is 0.343 e. The highest BCUT2D eigenvalue weighted by molar-refractivity contribution is 7.88. The van der Waals surface area contributed by atoms with Gasteiger partial charge in [0.2, 0.25) is 0 Å². The van der Waals surface area contributed by atoms with Crippen molar-refractivity contribution < 1.29 is 17.1 Å². The van der Waals surface area contributed by atoms with Gasteiger partial charge in [-0.05, 0) is 6.92 Å². The van der Waals surface area contributed by atoms with Crippen molar-refractivity contribution in [2.75, 3.05) is 0 Å². The number of nitrogens with zero attached hydrogens (tertiary/aromatic N) is 1. The van der Waals surface area contributed by atoms with Crippen molar-refractivity contribution in [2.45, 2.75) is 18.1 Å². The predicted octanol–water partition coefficient (Wildman–Crippen LogP) is 1.31. The Morgan fingerprint density at radius 3 is 2.31 bits per heavy atom. The Bertz CT molecular complexity index is 448. The first-order chi connectivity index (χ1) is 5.82. The number of thiazole rings is 1. The van der Waals surface area contributed by atoms with Gasteiger partial charge in [-0.15, -0.1) is 0 Å². The van der Waals surface area contributed by atoms with Gasteiger partial charge < -0.3 is 0 Å². The SMILES string of the molecule is CC(=O)c1nc(C)c(S(=O)(=O)F)s1. The summed E-state index contributed by atoms with van der Waals surface area (Å²) in [4.78, 5) is 14.4. The van der Waals surface area contributed by atoms with E-state index in [2.05, 4.69) is 4.98 Å². The van der Waals surface area contributed by atoms with Gasteiger partial charge >= 0.3 is 10.2 Å². The summed E-state index contributed by atoms with van der Waals surface area (Å²) in [5.41, 5.74) is 0.0256. The summed E-state index contributed by atoms with van der Waals surface area (Å²) in [5.74, 6) is -0.372. The molecule has 0 saturated carbocycles. The molecule has 0 radical (unpaired) electrons. The number of hydrogen-bond acceptors (Lipinski definition) is 5. The third-order valence-corrected chi connectivity index (χ3v) is 3.92. The van der Waals surface area contributed by atoms with Crippen molar-refractivity contribution in [3.8, 4) is 0 Å². The topological polar surface area (TPSA) is 64.1 Å². The third kappa shape index (κ3) is 2.10. The summed E-state index contributed by atoms with van der Waals surface area (Å²) in [7, 11) is -4.74. The molecule has 4 nitrogen and oxygen atoms in total. The van der Waals surface area contributed by atoms with Crippen LogP contribution in [0.15, 0.2) is 4.21 Å². The zero-order valence-corrected chi connectivity index (χ0v) is 8.50. The maximum atomic E-state index is 12.5. The fourth-order valence-corrected chi connectivity index (χ4v) is 2.49. The molecule has 1 aromatic heterocycles. The third-order valence-electron chi connectivity index (χ3n) is 1.28. The van der Waals surface area contributed by atoms with Crippen molar-refractivity contribution in [2.24, 2.45) is 0 Å². The molecular weight excluding hydrogens is 217 g/mol. The summed E-state index contributed by atoms with van der Waals surface area (Å²) in [6, 6.07) is 0. The lowest BCUT2D eigenvalue weighted by Gasteiger charge is -1.86. The first-order valence-corrected chi connectivity index (χ1v) is 5.45. The van der Waals surface area contributed by atoms with Crippen LogP contribution in [0.1, 0.15) is 22.4 Å². The molecule has 0 aromatic carbocycles. The van der Waals surface area contributed by atoms with E-state index in [1.54, 1.807) is 0 Å². The fourth-order valence-electron chi connectivity index (χ4n) is 0.759. The van der Waals surface area contributed by atoms with Crippen LogP contribution in [-0.2, 0) is 10.2 Å². The van der Waals surface area contributed by atoms with Gasteiger partial charge in [-0.2, -0.15) is 8.42 Å². The predicted molar refractivity (Wildman–Crippen MR) is 45.1 cm³/mol. The van der Waals surface area contributed by atoms with E-state index in [4.69, 9.17) is 0 Å². The Balaban J connectivity index is 3.35. The van der Waals surface area contributed by atoms with Crippen LogP contribution in [0.2, 0.25) is 0 Å². The molecule has 0 spiro atoms. The van der Waals surface area contributed by atoms with Crippen LogP contribution in [0.4, 0.5) is 3.89 Å². The first-order valence-electron chi connectivity index (χ1n) is 3.25. The normalized spacial score (nSPS) is 11.6. The number of carbonyl (C=O) groups excluding carboxylic acids is 1. The van der Waals surface area contributed by atoms with Gasteiger partial charge in [0.15, 0.2) is 15.0 Å². The number of hydrogen-bond donors (Lipinski definition) is 0. The second kappa shape index (κ2) is 3.15. The number of aromatic nitrogens is 1. The molecule has 0 amide bonds. The Hall–Kier alpha value is -0.820. The minimum atomic E-state index is -4.74. The standard InChI is InChI=1S/C6H6FNO3S2/c1-3-6(13(7,10)11)12-5(8-3)4(2)9/h1-2H3. The van der Waals surface area contributed by atoms with Crippen LogP contribution in [0.5, 0.6) is 0 Å². The van der Waals surface area contributed by atoms with Gasteiger partial charge in [-0.25, -0.2) is 4.98 Å². The molecule has 7 heteroatoms. The largest absolute Gasteiger partial charge is 0.343 e. The lowest BCUT2D eigenvalue weighted by Crippen LogP contribution is -1.90. The molecule has 0 aliphatic heterocycles. The number of Topliss-reactive ketones (excluding diaryl/α,β-unsaturated/α-hetero) is 1. The van der Waals surface area contributed by atoms with Gasteiger partial charge in [-0.1, -0.05) is 15.2 Å². The van der Waals surface area contributed by atoms with Crippen LogP contribution < -0.4 is 0 Å². The van der Waals surface area contributed by atoms with E-state index in [9.17, 15) is 17.1 Å². The lowest BCUT2D eigenvalue weighted by atomic mass is 10.5. The van der Waals surface area contributed by atoms with E-state index in [-0.39, 0.29) is 16.5 Å². The molecule has 0 N–H and O–H groups in total. The molecule has 0 atom stereocenters. The second-order valence-electron chi connectivity index (χ2n) is 2.39. The molecule has 0 unspecified atom stereocenters. The minimum Gasteiger partial charge on any atom is -0.292 e. The zero-order valence-electron chi connectivity index (χ0n) is 6.87. The monoisotopic (exact) mass is 223 g/mol. The quantitative estimate of drug-likeness (QED) is 0.560. The average molecular weight is 223 g/mol. The number of halogens is 1. The van der Waals surface area contributed by atoms with Gasteiger partial charge in [-0.3, -0.25) is 4.79 Å². The van der Waals surface area contributed by atoms with E-state index in [0.717, 1.165) is 0 Å². The molecule has 0 bridgehead atoms. The zero-order chi connectivity index (χ0) is 10.2. The number of rotatable bonds is 2.